The number of carbonyl (C=O) groups is 1. The largest absolute Gasteiger partial charge is 0.497 e. The summed E-state index contributed by atoms with van der Waals surface area (Å²) >= 11 is 0. The third-order valence-electron chi connectivity index (χ3n) is 8.53. The van der Waals surface area contributed by atoms with Crippen LogP contribution in [0.15, 0.2) is 84.9 Å². The van der Waals surface area contributed by atoms with Crippen LogP contribution in [0.3, 0.4) is 0 Å². The van der Waals surface area contributed by atoms with Crippen LogP contribution >= 0.6 is 0 Å². The molecule has 1 fully saturated rings. The third-order valence-corrected chi connectivity index (χ3v) is 8.53. The number of hydrogen-bond donors (Lipinski definition) is 1. The highest BCUT2D eigenvalue weighted by Gasteiger charge is 2.22. The minimum atomic E-state index is -0.284. The SMILES string of the molecule is CCCC1CCC(Oc2ccc(CCNC(=O)c3ccc(OC)c(-c4cccc(OC)c4)c3)c(-c3cccc(F)c3)c2)CC1. The monoisotopic (exact) mass is 595 g/mol. The molecule has 44 heavy (non-hydrogen) atoms. The fourth-order valence-corrected chi connectivity index (χ4v) is 6.19. The van der Waals surface area contributed by atoms with Gasteiger partial charge in [0.05, 0.1) is 20.3 Å². The summed E-state index contributed by atoms with van der Waals surface area (Å²) in [6.45, 7) is 2.67. The topological polar surface area (TPSA) is 56.8 Å². The van der Waals surface area contributed by atoms with Gasteiger partial charge in [0.15, 0.2) is 0 Å². The fourth-order valence-electron chi connectivity index (χ4n) is 6.19. The van der Waals surface area contributed by atoms with Crippen LogP contribution in [0.4, 0.5) is 4.39 Å². The molecule has 0 atom stereocenters. The summed E-state index contributed by atoms with van der Waals surface area (Å²) in [7, 11) is 3.24. The zero-order valence-electron chi connectivity index (χ0n) is 25.9. The average Bonchev–Trinajstić information content (AvgIpc) is 3.06. The molecule has 230 valence electrons. The Labute approximate surface area is 260 Å². The number of carbonyl (C=O) groups excluding carboxylic acids is 1. The molecule has 0 radical (unpaired) electrons. The van der Waals surface area contributed by atoms with Gasteiger partial charge >= 0.3 is 0 Å². The van der Waals surface area contributed by atoms with E-state index in [1.54, 1.807) is 38.5 Å². The van der Waals surface area contributed by atoms with E-state index in [0.717, 1.165) is 58.1 Å². The molecule has 0 unspecified atom stereocenters. The molecular formula is C38H42FNO4. The molecule has 1 aliphatic rings. The molecule has 0 saturated heterocycles. The van der Waals surface area contributed by atoms with Crippen molar-refractivity contribution in [1.29, 1.82) is 0 Å². The van der Waals surface area contributed by atoms with Crippen molar-refractivity contribution in [2.24, 2.45) is 5.92 Å². The van der Waals surface area contributed by atoms with Crippen LogP contribution in [0.5, 0.6) is 17.2 Å². The van der Waals surface area contributed by atoms with Gasteiger partial charge in [-0.2, -0.15) is 0 Å². The van der Waals surface area contributed by atoms with Crippen molar-refractivity contribution < 1.29 is 23.4 Å². The summed E-state index contributed by atoms with van der Waals surface area (Å²) in [5.41, 5.74) is 4.96. The molecular weight excluding hydrogens is 553 g/mol. The summed E-state index contributed by atoms with van der Waals surface area (Å²) in [6.07, 6.45) is 7.88. The van der Waals surface area contributed by atoms with Crippen LogP contribution in [-0.4, -0.2) is 32.8 Å². The Morgan fingerprint density at radius 2 is 1.59 bits per heavy atom. The molecule has 1 aliphatic carbocycles. The van der Waals surface area contributed by atoms with Gasteiger partial charge in [0.1, 0.15) is 23.1 Å². The summed E-state index contributed by atoms with van der Waals surface area (Å²) in [6, 6.07) is 25.8. The van der Waals surface area contributed by atoms with E-state index in [1.807, 2.05) is 54.6 Å². The van der Waals surface area contributed by atoms with Gasteiger partial charge < -0.3 is 19.5 Å². The molecule has 1 N–H and O–H groups in total. The Kier molecular flexibility index (Phi) is 10.5. The van der Waals surface area contributed by atoms with Crippen molar-refractivity contribution in [3.63, 3.8) is 0 Å². The van der Waals surface area contributed by atoms with E-state index in [0.29, 0.717) is 24.3 Å². The van der Waals surface area contributed by atoms with Gasteiger partial charge in [0.25, 0.3) is 5.91 Å². The predicted molar refractivity (Wildman–Crippen MR) is 174 cm³/mol. The second-order valence-electron chi connectivity index (χ2n) is 11.5. The predicted octanol–water partition coefficient (Wildman–Crippen LogP) is 8.89. The second-order valence-corrected chi connectivity index (χ2v) is 11.5. The molecule has 0 aliphatic heterocycles. The van der Waals surface area contributed by atoms with Crippen LogP contribution in [-0.2, 0) is 6.42 Å². The van der Waals surface area contributed by atoms with Crippen molar-refractivity contribution in [1.82, 2.24) is 5.32 Å². The van der Waals surface area contributed by atoms with Crippen LogP contribution in [0.25, 0.3) is 22.3 Å². The van der Waals surface area contributed by atoms with Crippen molar-refractivity contribution in [2.45, 2.75) is 58.0 Å². The molecule has 1 amide bonds. The zero-order chi connectivity index (χ0) is 30.9. The smallest absolute Gasteiger partial charge is 0.251 e. The number of methoxy groups -OCH3 is 2. The highest BCUT2D eigenvalue weighted by atomic mass is 19.1. The molecule has 4 aromatic carbocycles. The third kappa shape index (κ3) is 7.79. The molecule has 5 rings (SSSR count). The van der Waals surface area contributed by atoms with E-state index in [2.05, 4.69) is 12.2 Å². The molecule has 0 spiro atoms. The number of ether oxygens (including phenoxy) is 3. The minimum Gasteiger partial charge on any atom is -0.497 e. The Morgan fingerprint density at radius 3 is 2.32 bits per heavy atom. The lowest BCUT2D eigenvalue weighted by Gasteiger charge is -2.29. The maximum atomic E-state index is 14.3. The highest BCUT2D eigenvalue weighted by molar-refractivity contribution is 5.96. The lowest BCUT2D eigenvalue weighted by molar-refractivity contribution is 0.0954. The van der Waals surface area contributed by atoms with Crippen molar-refractivity contribution in [3.05, 3.63) is 102 Å². The van der Waals surface area contributed by atoms with Crippen LogP contribution in [0.1, 0.15) is 61.4 Å². The van der Waals surface area contributed by atoms with Crippen molar-refractivity contribution in [2.75, 3.05) is 20.8 Å². The standard InChI is InChI=1S/C38H42FNO4/c1-4-7-26-12-16-32(17-13-26)44-34-18-14-27(35(25-34)28-8-5-10-31(39)22-28)20-21-40-38(41)30-15-19-37(43-3)36(24-30)29-9-6-11-33(23-29)42-2/h5-6,8-11,14-15,18-19,22-26,32H,4,7,12-13,16-17,20-21H2,1-3H3,(H,40,41). The number of amides is 1. The first-order chi connectivity index (χ1) is 21.5. The van der Waals surface area contributed by atoms with Crippen LogP contribution < -0.4 is 19.5 Å². The van der Waals surface area contributed by atoms with Gasteiger partial charge in [-0.3, -0.25) is 4.79 Å². The lowest BCUT2D eigenvalue weighted by Crippen LogP contribution is -2.26. The Bertz CT molecular complexity index is 1560. The average molecular weight is 596 g/mol. The number of benzene rings is 4. The summed E-state index contributed by atoms with van der Waals surface area (Å²) < 4.78 is 31.6. The van der Waals surface area contributed by atoms with E-state index >= 15 is 0 Å². The Balaban J connectivity index is 1.29. The van der Waals surface area contributed by atoms with Gasteiger partial charge in [-0.25, -0.2) is 4.39 Å². The normalized spacial score (nSPS) is 16.3. The molecule has 5 nitrogen and oxygen atoms in total. The van der Waals surface area contributed by atoms with Gasteiger partial charge in [0.2, 0.25) is 0 Å². The van der Waals surface area contributed by atoms with Gasteiger partial charge in [-0.05, 0) is 115 Å². The number of hydrogen-bond acceptors (Lipinski definition) is 4. The first-order valence-electron chi connectivity index (χ1n) is 15.6. The van der Waals surface area contributed by atoms with Crippen LogP contribution in [0.2, 0.25) is 0 Å². The van der Waals surface area contributed by atoms with E-state index in [-0.39, 0.29) is 17.8 Å². The Morgan fingerprint density at radius 1 is 0.818 bits per heavy atom. The van der Waals surface area contributed by atoms with E-state index in [1.165, 1.54) is 31.7 Å². The molecule has 0 heterocycles. The fraction of sp³-hybridized carbons (Fsp3) is 0.342. The maximum Gasteiger partial charge on any atom is 0.251 e. The lowest BCUT2D eigenvalue weighted by atomic mass is 9.84. The molecule has 6 heteroatoms. The first kappa shape index (κ1) is 31.1. The maximum absolute atomic E-state index is 14.3. The second kappa shape index (κ2) is 14.9. The highest BCUT2D eigenvalue weighted by Crippen LogP contribution is 2.35. The van der Waals surface area contributed by atoms with Crippen molar-refractivity contribution >= 4 is 5.91 Å². The van der Waals surface area contributed by atoms with Crippen molar-refractivity contribution in [3.8, 4) is 39.5 Å². The summed E-state index contributed by atoms with van der Waals surface area (Å²) in [4.78, 5) is 13.2. The minimum absolute atomic E-state index is 0.178. The Hall–Kier alpha value is -4.32. The van der Waals surface area contributed by atoms with E-state index in [9.17, 15) is 9.18 Å². The number of nitrogens with one attached hydrogen (secondary N) is 1. The van der Waals surface area contributed by atoms with E-state index < -0.39 is 0 Å². The number of halogens is 1. The summed E-state index contributed by atoms with van der Waals surface area (Å²) in [5, 5.41) is 3.06. The molecule has 0 aromatic heterocycles. The molecule has 1 saturated carbocycles. The molecule has 4 aromatic rings. The van der Waals surface area contributed by atoms with Gasteiger partial charge in [0, 0.05) is 17.7 Å². The van der Waals surface area contributed by atoms with E-state index in [4.69, 9.17) is 14.2 Å². The zero-order valence-corrected chi connectivity index (χ0v) is 25.9. The van der Waals surface area contributed by atoms with Crippen LogP contribution in [0, 0.1) is 11.7 Å². The number of rotatable bonds is 12. The first-order valence-corrected chi connectivity index (χ1v) is 15.6. The quantitative estimate of drug-likeness (QED) is 0.178. The molecule has 0 bridgehead atoms. The summed E-state index contributed by atoms with van der Waals surface area (Å²) in [5.74, 6) is 2.55. The van der Waals surface area contributed by atoms with Gasteiger partial charge in [-0.15, -0.1) is 0 Å². The van der Waals surface area contributed by atoms with Gasteiger partial charge in [-0.1, -0.05) is 50.1 Å².